The molecular formula is C26H27N3O5. The largest absolute Gasteiger partial charge is 0.449 e. The summed E-state index contributed by atoms with van der Waals surface area (Å²) in [6, 6.07) is 21.9. The third kappa shape index (κ3) is 5.19. The maximum Gasteiger partial charge on any atom is 0.407 e. The first-order chi connectivity index (χ1) is 16.4. The predicted molar refractivity (Wildman–Crippen MR) is 128 cm³/mol. The van der Waals surface area contributed by atoms with Gasteiger partial charge in [0.15, 0.2) is 0 Å². The fourth-order valence-electron chi connectivity index (χ4n) is 4.29. The van der Waals surface area contributed by atoms with Crippen LogP contribution in [0.3, 0.4) is 0 Å². The zero-order chi connectivity index (χ0) is 24.1. The van der Waals surface area contributed by atoms with E-state index in [4.69, 9.17) is 10.5 Å². The van der Waals surface area contributed by atoms with Gasteiger partial charge in [-0.3, -0.25) is 0 Å². The smallest absolute Gasteiger partial charge is 0.407 e. The lowest BCUT2D eigenvalue weighted by Gasteiger charge is -2.19. The summed E-state index contributed by atoms with van der Waals surface area (Å²) in [7, 11) is 0. The lowest BCUT2D eigenvalue weighted by molar-refractivity contribution is 0.0137. The minimum atomic E-state index is -1.20. The molecule has 8 nitrogen and oxygen atoms in total. The topological polar surface area (TPSA) is 134 Å². The van der Waals surface area contributed by atoms with Gasteiger partial charge in [-0.05, 0) is 46.4 Å². The molecule has 34 heavy (non-hydrogen) atoms. The Morgan fingerprint density at radius 3 is 2.24 bits per heavy atom. The van der Waals surface area contributed by atoms with E-state index in [0.717, 1.165) is 22.3 Å². The Hall–Kier alpha value is -3.88. The average Bonchev–Trinajstić information content (AvgIpc) is 3.15. The molecule has 2 atom stereocenters. The van der Waals surface area contributed by atoms with E-state index in [9.17, 15) is 19.8 Å². The van der Waals surface area contributed by atoms with Gasteiger partial charge in [0, 0.05) is 18.2 Å². The van der Waals surface area contributed by atoms with Gasteiger partial charge in [-0.2, -0.15) is 0 Å². The first-order valence-electron chi connectivity index (χ1n) is 11.1. The van der Waals surface area contributed by atoms with Crippen LogP contribution in [0, 0.1) is 0 Å². The van der Waals surface area contributed by atoms with Gasteiger partial charge >= 0.3 is 12.1 Å². The van der Waals surface area contributed by atoms with Crippen molar-refractivity contribution < 1.29 is 24.5 Å². The number of anilines is 1. The molecular weight excluding hydrogens is 434 g/mol. The van der Waals surface area contributed by atoms with Gasteiger partial charge in [0.05, 0.1) is 6.10 Å². The molecule has 0 aliphatic heterocycles. The van der Waals surface area contributed by atoms with Crippen molar-refractivity contribution in [1.82, 2.24) is 5.32 Å². The highest BCUT2D eigenvalue weighted by atomic mass is 16.5. The van der Waals surface area contributed by atoms with Crippen LogP contribution in [0.25, 0.3) is 11.1 Å². The lowest BCUT2D eigenvalue weighted by atomic mass is 9.98. The number of fused-ring (bicyclic) bond motifs is 3. The number of rotatable bonds is 8. The Balaban J connectivity index is 1.27. The number of hydrogen-bond acceptors (Lipinski definition) is 5. The first-order valence-corrected chi connectivity index (χ1v) is 11.1. The fraction of sp³-hybridized carbons (Fsp3) is 0.231. The molecule has 0 bridgehead atoms. The van der Waals surface area contributed by atoms with Crippen LogP contribution in [-0.2, 0) is 4.74 Å². The number of nitrogens with two attached hydrogens (primary N) is 1. The van der Waals surface area contributed by atoms with Gasteiger partial charge in [0.2, 0.25) is 0 Å². The maximum atomic E-state index is 12.3. The molecule has 0 heterocycles. The van der Waals surface area contributed by atoms with Gasteiger partial charge in [0.1, 0.15) is 12.7 Å². The number of primary amides is 1. The number of ether oxygens (including phenoxy) is 1. The monoisotopic (exact) mass is 461 g/mol. The van der Waals surface area contributed by atoms with Gasteiger partial charge in [-0.25, -0.2) is 9.59 Å². The van der Waals surface area contributed by atoms with E-state index in [1.165, 1.54) is 6.07 Å². The minimum Gasteiger partial charge on any atom is -0.449 e. The summed E-state index contributed by atoms with van der Waals surface area (Å²) in [5.41, 5.74) is 10.5. The van der Waals surface area contributed by atoms with E-state index in [-0.39, 0.29) is 25.5 Å². The molecule has 0 radical (unpaired) electrons. The van der Waals surface area contributed by atoms with Crippen molar-refractivity contribution >= 4 is 17.8 Å². The number of benzene rings is 3. The van der Waals surface area contributed by atoms with E-state index in [0.29, 0.717) is 11.3 Å². The predicted octanol–water partition coefficient (Wildman–Crippen LogP) is 3.50. The third-order valence-corrected chi connectivity index (χ3v) is 5.91. The minimum absolute atomic E-state index is 0.0353. The molecule has 6 N–H and O–H groups in total. The van der Waals surface area contributed by atoms with Crippen molar-refractivity contribution in [2.45, 2.75) is 24.5 Å². The normalized spacial score (nSPS) is 13.9. The number of carbonyl (C=O) groups is 2. The van der Waals surface area contributed by atoms with Crippen LogP contribution >= 0.6 is 0 Å². The molecule has 0 saturated carbocycles. The van der Waals surface area contributed by atoms with Crippen LogP contribution < -0.4 is 16.4 Å². The Bertz CT molecular complexity index is 1140. The van der Waals surface area contributed by atoms with Crippen LogP contribution in [0.2, 0.25) is 0 Å². The van der Waals surface area contributed by atoms with E-state index < -0.39 is 24.3 Å². The quantitative estimate of drug-likeness (QED) is 0.350. The number of aliphatic hydroxyl groups excluding tert-OH is 2. The van der Waals surface area contributed by atoms with Crippen LogP contribution in [0.15, 0.2) is 72.8 Å². The van der Waals surface area contributed by atoms with Crippen LogP contribution in [0.1, 0.15) is 35.1 Å². The average molecular weight is 462 g/mol. The van der Waals surface area contributed by atoms with E-state index in [1.807, 2.05) is 36.4 Å². The van der Waals surface area contributed by atoms with Crippen molar-refractivity contribution in [1.29, 1.82) is 0 Å². The van der Waals surface area contributed by atoms with Gasteiger partial charge in [0.25, 0.3) is 0 Å². The summed E-state index contributed by atoms with van der Waals surface area (Å²) >= 11 is 0. The Kier molecular flexibility index (Phi) is 7.10. The highest BCUT2D eigenvalue weighted by Crippen LogP contribution is 2.44. The highest BCUT2D eigenvalue weighted by Gasteiger charge is 2.29. The van der Waals surface area contributed by atoms with Crippen molar-refractivity contribution in [3.8, 4) is 11.1 Å². The number of alkyl carbamates (subject to hydrolysis) is 1. The van der Waals surface area contributed by atoms with Crippen LogP contribution in [0.5, 0.6) is 0 Å². The third-order valence-electron chi connectivity index (χ3n) is 5.91. The zero-order valence-corrected chi connectivity index (χ0v) is 18.5. The molecule has 0 fully saturated rings. The standard InChI is InChI=1S/C26H27N3O5/c27-25(32)29-17-7-5-6-16(14-17)24(31)23(30)12-13-28-26(33)34-15-22-20-10-3-1-8-18(20)19-9-2-4-11-21(19)22/h1-11,14,22-24,30-31H,12-13,15H2,(H,28,33)(H3,27,29,32). The molecule has 0 spiro atoms. The summed E-state index contributed by atoms with van der Waals surface area (Å²) in [6.07, 6.45) is -2.80. The zero-order valence-electron chi connectivity index (χ0n) is 18.5. The van der Waals surface area contributed by atoms with Gasteiger partial charge < -0.3 is 31.3 Å². The van der Waals surface area contributed by atoms with Crippen molar-refractivity contribution in [3.05, 3.63) is 89.5 Å². The van der Waals surface area contributed by atoms with E-state index >= 15 is 0 Å². The van der Waals surface area contributed by atoms with Crippen LogP contribution in [0.4, 0.5) is 15.3 Å². The van der Waals surface area contributed by atoms with Crippen LogP contribution in [-0.4, -0.2) is 41.6 Å². The van der Waals surface area contributed by atoms with E-state index in [1.54, 1.807) is 18.2 Å². The molecule has 1 aliphatic carbocycles. The SMILES string of the molecule is NC(=O)Nc1cccc(C(O)C(O)CCNC(=O)OCC2c3ccccc3-c3ccccc32)c1. The molecule has 3 amide bonds. The Labute approximate surface area is 197 Å². The molecule has 1 aliphatic rings. The summed E-state index contributed by atoms with van der Waals surface area (Å²) in [5.74, 6) is -0.0353. The summed E-state index contributed by atoms with van der Waals surface area (Å²) in [4.78, 5) is 23.3. The van der Waals surface area contributed by atoms with Gasteiger partial charge in [-0.1, -0.05) is 60.7 Å². The second-order valence-electron chi connectivity index (χ2n) is 8.17. The molecule has 0 aromatic heterocycles. The van der Waals surface area contributed by atoms with Gasteiger partial charge in [-0.15, -0.1) is 0 Å². The second kappa shape index (κ2) is 10.4. The summed E-state index contributed by atoms with van der Waals surface area (Å²) in [5, 5.41) is 25.8. The van der Waals surface area contributed by atoms with Crippen molar-refractivity contribution in [2.24, 2.45) is 5.73 Å². The molecule has 3 aromatic rings. The van der Waals surface area contributed by atoms with E-state index in [2.05, 4.69) is 22.8 Å². The Morgan fingerprint density at radius 2 is 1.59 bits per heavy atom. The second-order valence-corrected chi connectivity index (χ2v) is 8.17. The van der Waals surface area contributed by atoms with Crippen molar-refractivity contribution in [2.75, 3.05) is 18.5 Å². The molecule has 0 saturated heterocycles. The molecule has 176 valence electrons. The summed E-state index contributed by atoms with van der Waals surface area (Å²) < 4.78 is 5.47. The number of hydrogen-bond donors (Lipinski definition) is 5. The number of amides is 3. The molecule has 3 aromatic carbocycles. The fourth-order valence-corrected chi connectivity index (χ4v) is 4.29. The summed E-state index contributed by atoms with van der Waals surface area (Å²) in [6.45, 7) is 0.318. The number of urea groups is 1. The maximum absolute atomic E-state index is 12.3. The molecule has 8 heteroatoms. The number of carbonyl (C=O) groups excluding carboxylic acids is 2. The first kappa shape index (κ1) is 23.3. The number of nitrogens with one attached hydrogen (secondary N) is 2. The number of aliphatic hydroxyl groups is 2. The lowest BCUT2D eigenvalue weighted by Crippen LogP contribution is -2.30. The molecule has 4 rings (SSSR count). The molecule has 2 unspecified atom stereocenters. The van der Waals surface area contributed by atoms with Crippen molar-refractivity contribution in [3.63, 3.8) is 0 Å². The highest BCUT2D eigenvalue weighted by molar-refractivity contribution is 5.87. The Morgan fingerprint density at radius 1 is 0.941 bits per heavy atom.